The third-order valence-electron chi connectivity index (χ3n) is 3.55. The molecule has 108 valence electrons. The van der Waals surface area contributed by atoms with Crippen LogP contribution in [-0.2, 0) is 0 Å². The minimum atomic E-state index is -0.651. The van der Waals surface area contributed by atoms with Crippen molar-refractivity contribution in [1.82, 2.24) is 9.55 Å². The lowest BCUT2D eigenvalue weighted by Crippen LogP contribution is -2.33. The van der Waals surface area contributed by atoms with Gasteiger partial charge in [-0.25, -0.2) is 4.79 Å². The normalized spacial score (nSPS) is 25.2. The van der Waals surface area contributed by atoms with Gasteiger partial charge < -0.3 is 15.9 Å². The maximum Gasteiger partial charge on any atom is 0.328 e. The summed E-state index contributed by atoms with van der Waals surface area (Å²) >= 11 is 0. The van der Waals surface area contributed by atoms with Gasteiger partial charge in [-0.3, -0.25) is 14.3 Å². The third kappa shape index (κ3) is 2.82. The van der Waals surface area contributed by atoms with E-state index in [4.69, 9.17) is 10.8 Å². The molecule has 0 radical (unpaired) electrons. The zero-order chi connectivity index (χ0) is 14.7. The van der Waals surface area contributed by atoms with Crippen molar-refractivity contribution in [3.8, 4) is 11.8 Å². The molecule has 5 N–H and O–H groups in total. The van der Waals surface area contributed by atoms with Crippen molar-refractivity contribution in [2.24, 2.45) is 11.7 Å². The molecule has 3 unspecified atom stereocenters. The van der Waals surface area contributed by atoms with E-state index in [1.165, 1.54) is 10.8 Å². The molecule has 1 heterocycles. The van der Waals surface area contributed by atoms with Crippen LogP contribution in [0.5, 0.6) is 0 Å². The van der Waals surface area contributed by atoms with Gasteiger partial charge in [0.05, 0.1) is 12.6 Å². The number of aliphatic hydroxyl groups excluding tert-OH is 2. The molecule has 1 aliphatic rings. The van der Waals surface area contributed by atoms with Crippen LogP contribution in [0.25, 0.3) is 0 Å². The van der Waals surface area contributed by atoms with Gasteiger partial charge in [0.25, 0.3) is 5.56 Å². The Balaban J connectivity index is 2.38. The summed E-state index contributed by atoms with van der Waals surface area (Å²) in [7, 11) is 0. The standard InChI is InChI=1S/C13H17N3O4/c14-3-1-2-8-6-16(13(20)15-12(8)19)10-4-9(7-17)11(18)5-10/h6,9-11,17-18H,3-5,7,14H2,(H,15,19,20). The van der Waals surface area contributed by atoms with Crippen molar-refractivity contribution in [2.75, 3.05) is 13.2 Å². The monoisotopic (exact) mass is 279 g/mol. The second kappa shape index (κ2) is 6.05. The second-order valence-corrected chi connectivity index (χ2v) is 4.85. The molecule has 3 atom stereocenters. The first kappa shape index (κ1) is 14.5. The van der Waals surface area contributed by atoms with Gasteiger partial charge in [0.1, 0.15) is 5.56 Å². The Morgan fingerprint density at radius 1 is 1.45 bits per heavy atom. The Labute approximate surface area is 115 Å². The molecule has 7 nitrogen and oxygen atoms in total. The highest BCUT2D eigenvalue weighted by atomic mass is 16.3. The molecule has 0 bridgehead atoms. The van der Waals surface area contributed by atoms with E-state index in [0.717, 1.165) is 0 Å². The summed E-state index contributed by atoms with van der Waals surface area (Å²) in [6.07, 6.45) is 1.58. The fraction of sp³-hybridized carbons (Fsp3) is 0.538. The predicted octanol–water partition coefficient (Wildman–Crippen LogP) is -1.85. The molecule has 1 aliphatic carbocycles. The van der Waals surface area contributed by atoms with E-state index in [0.29, 0.717) is 12.8 Å². The molecule has 2 rings (SSSR count). The first-order valence-corrected chi connectivity index (χ1v) is 6.40. The van der Waals surface area contributed by atoms with Crippen molar-refractivity contribution >= 4 is 0 Å². The van der Waals surface area contributed by atoms with Crippen molar-refractivity contribution in [2.45, 2.75) is 25.0 Å². The lowest BCUT2D eigenvalue weighted by atomic mass is 10.1. The fourth-order valence-corrected chi connectivity index (χ4v) is 2.49. The summed E-state index contributed by atoms with van der Waals surface area (Å²) in [6.45, 7) is -0.0110. The lowest BCUT2D eigenvalue weighted by Gasteiger charge is -2.13. The minimum absolute atomic E-state index is 0.118. The molecule has 0 aromatic carbocycles. The van der Waals surface area contributed by atoms with Gasteiger partial charge in [-0.2, -0.15) is 0 Å². The van der Waals surface area contributed by atoms with Crippen LogP contribution in [0.1, 0.15) is 24.4 Å². The minimum Gasteiger partial charge on any atom is -0.396 e. The van der Waals surface area contributed by atoms with E-state index >= 15 is 0 Å². The van der Waals surface area contributed by atoms with Crippen LogP contribution in [0.3, 0.4) is 0 Å². The SMILES string of the molecule is NCC#Cc1cn(C2CC(O)C(CO)C2)c(=O)[nH]c1=O. The Bertz CT molecular complexity index is 652. The van der Waals surface area contributed by atoms with Gasteiger partial charge in [0.2, 0.25) is 0 Å². The van der Waals surface area contributed by atoms with Gasteiger partial charge in [-0.15, -0.1) is 0 Å². The first-order chi connectivity index (χ1) is 9.56. The largest absolute Gasteiger partial charge is 0.396 e. The van der Waals surface area contributed by atoms with Crippen molar-refractivity contribution in [1.29, 1.82) is 0 Å². The number of nitrogens with zero attached hydrogens (tertiary/aromatic N) is 1. The zero-order valence-corrected chi connectivity index (χ0v) is 10.9. The summed E-state index contributed by atoms with van der Waals surface area (Å²) in [5, 5.41) is 18.9. The number of nitrogens with one attached hydrogen (secondary N) is 1. The summed E-state index contributed by atoms with van der Waals surface area (Å²) in [6, 6.07) is -0.259. The number of aliphatic hydroxyl groups is 2. The average molecular weight is 279 g/mol. The molecule has 7 heteroatoms. The maximum atomic E-state index is 11.8. The summed E-state index contributed by atoms with van der Waals surface area (Å²) in [5.74, 6) is 4.92. The molecular formula is C13H17N3O4. The molecule has 1 aromatic heterocycles. The van der Waals surface area contributed by atoms with Crippen LogP contribution in [-0.4, -0.2) is 39.0 Å². The third-order valence-corrected chi connectivity index (χ3v) is 3.55. The van der Waals surface area contributed by atoms with Crippen LogP contribution in [0.2, 0.25) is 0 Å². The van der Waals surface area contributed by atoms with Gasteiger partial charge in [0.15, 0.2) is 0 Å². The van der Waals surface area contributed by atoms with Crippen molar-refractivity contribution in [3.05, 3.63) is 32.6 Å². The summed E-state index contributed by atoms with van der Waals surface area (Å²) in [4.78, 5) is 25.6. The summed E-state index contributed by atoms with van der Waals surface area (Å²) in [5.41, 5.74) is 4.33. The highest BCUT2D eigenvalue weighted by Gasteiger charge is 2.34. The van der Waals surface area contributed by atoms with Crippen LogP contribution in [0.4, 0.5) is 0 Å². The summed E-state index contributed by atoms with van der Waals surface area (Å²) < 4.78 is 1.36. The highest BCUT2D eigenvalue weighted by molar-refractivity contribution is 5.30. The fourth-order valence-electron chi connectivity index (χ4n) is 2.49. The number of hydrogen-bond donors (Lipinski definition) is 4. The first-order valence-electron chi connectivity index (χ1n) is 6.40. The van der Waals surface area contributed by atoms with Crippen LogP contribution in [0, 0.1) is 17.8 Å². The zero-order valence-electron chi connectivity index (χ0n) is 10.9. The van der Waals surface area contributed by atoms with E-state index in [2.05, 4.69) is 16.8 Å². The molecular weight excluding hydrogens is 262 g/mol. The number of hydrogen-bond acceptors (Lipinski definition) is 5. The molecule has 1 fully saturated rings. The molecule has 0 aliphatic heterocycles. The predicted molar refractivity (Wildman–Crippen MR) is 72.1 cm³/mol. The molecule has 0 spiro atoms. The topological polar surface area (TPSA) is 121 Å². The van der Waals surface area contributed by atoms with Gasteiger partial charge in [-0.1, -0.05) is 11.8 Å². The van der Waals surface area contributed by atoms with Crippen molar-refractivity contribution < 1.29 is 10.2 Å². The van der Waals surface area contributed by atoms with Crippen LogP contribution < -0.4 is 17.0 Å². The number of H-pyrrole nitrogens is 1. The van der Waals surface area contributed by atoms with E-state index < -0.39 is 17.4 Å². The van der Waals surface area contributed by atoms with Crippen LogP contribution >= 0.6 is 0 Å². The number of aromatic nitrogens is 2. The number of aromatic amines is 1. The lowest BCUT2D eigenvalue weighted by molar-refractivity contribution is 0.0906. The second-order valence-electron chi connectivity index (χ2n) is 4.85. The maximum absolute atomic E-state index is 11.8. The Morgan fingerprint density at radius 2 is 2.20 bits per heavy atom. The van der Waals surface area contributed by atoms with E-state index in [1.54, 1.807) is 0 Å². The highest BCUT2D eigenvalue weighted by Crippen LogP contribution is 2.33. The molecule has 0 saturated heterocycles. The van der Waals surface area contributed by atoms with E-state index in [-0.39, 0.29) is 30.7 Å². The van der Waals surface area contributed by atoms with E-state index in [9.17, 15) is 14.7 Å². The Morgan fingerprint density at radius 3 is 2.80 bits per heavy atom. The average Bonchev–Trinajstić information content (AvgIpc) is 2.79. The Hall–Kier alpha value is -1.88. The van der Waals surface area contributed by atoms with Gasteiger partial charge in [-0.05, 0) is 12.8 Å². The van der Waals surface area contributed by atoms with Gasteiger partial charge >= 0.3 is 5.69 Å². The molecule has 0 amide bonds. The molecule has 1 aromatic rings. The number of nitrogens with two attached hydrogens (primary N) is 1. The Kier molecular flexibility index (Phi) is 4.39. The van der Waals surface area contributed by atoms with Crippen molar-refractivity contribution in [3.63, 3.8) is 0 Å². The quantitative estimate of drug-likeness (QED) is 0.474. The molecule has 20 heavy (non-hydrogen) atoms. The molecule has 1 saturated carbocycles. The van der Waals surface area contributed by atoms with Crippen LogP contribution in [0.15, 0.2) is 15.8 Å². The van der Waals surface area contributed by atoms with E-state index in [1.807, 2.05) is 0 Å². The van der Waals surface area contributed by atoms with Gasteiger partial charge in [0, 0.05) is 24.8 Å². The smallest absolute Gasteiger partial charge is 0.328 e. The number of rotatable bonds is 2.